The maximum absolute atomic E-state index is 14.1. The first-order valence-corrected chi connectivity index (χ1v) is 13.6. The van der Waals surface area contributed by atoms with E-state index in [0.717, 1.165) is 49.9 Å². The fourth-order valence-electron chi connectivity index (χ4n) is 4.27. The van der Waals surface area contributed by atoms with E-state index < -0.39 is 5.91 Å². The number of amides is 2. The number of pyridine rings is 1. The minimum Gasteiger partial charge on any atom is -0.493 e. The first kappa shape index (κ1) is 29.8. The minimum absolute atomic E-state index is 0.255. The number of primary amides is 1. The molecule has 0 spiro atoms. The van der Waals surface area contributed by atoms with Crippen LogP contribution in [0.15, 0.2) is 54.9 Å². The second-order valence-electron chi connectivity index (χ2n) is 9.75. The fraction of sp³-hybridized carbons (Fsp3) is 0.387. The molecule has 1 heterocycles. The van der Waals surface area contributed by atoms with Gasteiger partial charge in [0.1, 0.15) is 11.6 Å². The Morgan fingerprint density at radius 1 is 0.897 bits per heavy atom. The average Bonchev–Trinajstić information content (AvgIpc) is 2.91. The summed E-state index contributed by atoms with van der Waals surface area (Å²) < 4.78 is 19.9. The zero-order valence-electron chi connectivity index (χ0n) is 22.9. The van der Waals surface area contributed by atoms with Gasteiger partial charge in [-0.25, -0.2) is 4.39 Å². The first-order valence-electron chi connectivity index (χ1n) is 13.6. The summed E-state index contributed by atoms with van der Waals surface area (Å²) in [5.41, 5.74) is 10.2. The third-order valence-corrected chi connectivity index (χ3v) is 6.34. The van der Waals surface area contributed by atoms with Crippen LogP contribution in [0.25, 0.3) is 0 Å². The van der Waals surface area contributed by atoms with Crippen LogP contribution in [0, 0.1) is 12.7 Å². The van der Waals surface area contributed by atoms with Crippen LogP contribution in [0.4, 0.5) is 4.39 Å². The quantitative estimate of drug-likeness (QED) is 0.227. The summed E-state index contributed by atoms with van der Waals surface area (Å²) in [6.07, 6.45) is 8.90. The van der Waals surface area contributed by atoms with Crippen molar-refractivity contribution >= 4 is 11.8 Å². The van der Waals surface area contributed by atoms with Crippen molar-refractivity contribution in [3.8, 4) is 5.75 Å². The number of unbranched alkanes of at least 4 members (excludes halogenated alkanes) is 2. The fourth-order valence-corrected chi connectivity index (χ4v) is 4.27. The van der Waals surface area contributed by atoms with Gasteiger partial charge in [-0.3, -0.25) is 14.6 Å². The van der Waals surface area contributed by atoms with E-state index in [-0.39, 0.29) is 11.7 Å². The highest BCUT2D eigenvalue weighted by Gasteiger charge is 2.10. The predicted molar refractivity (Wildman–Crippen MR) is 151 cm³/mol. The van der Waals surface area contributed by atoms with Gasteiger partial charge >= 0.3 is 0 Å². The smallest absolute Gasteiger partial charge is 0.251 e. The molecule has 4 N–H and O–H groups in total. The molecule has 0 radical (unpaired) electrons. The lowest BCUT2D eigenvalue weighted by Crippen LogP contribution is -2.25. The first-order chi connectivity index (χ1) is 18.8. The summed E-state index contributed by atoms with van der Waals surface area (Å²) in [4.78, 5) is 28.1. The van der Waals surface area contributed by atoms with Gasteiger partial charge in [0.25, 0.3) is 5.91 Å². The molecule has 2 amide bonds. The summed E-state index contributed by atoms with van der Waals surface area (Å²) in [7, 11) is 0. The predicted octanol–water partition coefficient (Wildman–Crippen LogP) is 4.89. The maximum atomic E-state index is 14.1. The van der Waals surface area contributed by atoms with Crippen molar-refractivity contribution in [3.63, 3.8) is 0 Å². The molecule has 0 bridgehead atoms. The highest BCUT2D eigenvalue weighted by molar-refractivity contribution is 5.99. The molecule has 0 unspecified atom stereocenters. The number of nitrogens with one attached hydrogen (secondary N) is 2. The van der Waals surface area contributed by atoms with E-state index in [1.165, 1.54) is 23.3 Å². The van der Waals surface area contributed by atoms with E-state index in [9.17, 15) is 14.0 Å². The number of aryl methyl sites for hydroxylation is 3. The summed E-state index contributed by atoms with van der Waals surface area (Å²) in [6, 6.07) is 11.9. The van der Waals surface area contributed by atoms with Gasteiger partial charge in [0.2, 0.25) is 5.91 Å². The molecule has 2 aromatic carbocycles. The Labute approximate surface area is 230 Å². The van der Waals surface area contributed by atoms with Gasteiger partial charge < -0.3 is 21.1 Å². The van der Waals surface area contributed by atoms with Crippen LogP contribution in [0.2, 0.25) is 0 Å². The highest BCUT2D eigenvalue weighted by atomic mass is 19.1. The van der Waals surface area contributed by atoms with Gasteiger partial charge in [0.15, 0.2) is 0 Å². The second-order valence-corrected chi connectivity index (χ2v) is 9.75. The van der Waals surface area contributed by atoms with Crippen LogP contribution in [-0.4, -0.2) is 36.5 Å². The van der Waals surface area contributed by atoms with Crippen molar-refractivity contribution in [2.45, 2.75) is 58.9 Å². The van der Waals surface area contributed by atoms with E-state index in [0.29, 0.717) is 42.9 Å². The third-order valence-electron chi connectivity index (χ3n) is 6.34. The van der Waals surface area contributed by atoms with Crippen molar-refractivity contribution in [2.75, 3.05) is 19.7 Å². The highest BCUT2D eigenvalue weighted by Crippen LogP contribution is 2.18. The van der Waals surface area contributed by atoms with Gasteiger partial charge in [-0.05, 0) is 105 Å². The Morgan fingerprint density at radius 2 is 1.67 bits per heavy atom. The molecule has 1 aromatic heterocycles. The number of carbonyl (C=O) groups excluding carboxylic acids is 2. The standard InChI is InChI=1S/C31H39FN4O3/c1-3-23-14-25(21-35-19-23)20-34-9-5-4-8-24-15-28(32)18-29(16-24)39-11-7-6-10-36-31(38)27-13-22(2)12-26(17-27)30(33)37/h12-19,21,34H,3-11,20H2,1-2H3,(H2,33,37)(H,36,38). The molecule has 0 atom stereocenters. The van der Waals surface area contributed by atoms with Crippen molar-refractivity contribution in [2.24, 2.45) is 5.73 Å². The van der Waals surface area contributed by atoms with Gasteiger partial charge in [-0.15, -0.1) is 0 Å². The normalized spacial score (nSPS) is 10.8. The van der Waals surface area contributed by atoms with E-state index in [1.54, 1.807) is 18.2 Å². The summed E-state index contributed by atoms with van der Waals surface area (Å²) >= 11 is 0. The molecule has 8 heteroatoms. The zero-order chi connectivity index (χ0) is 28.0. The molecule has 0 saturated heterocycles. The number of rotatable bonds is 16. The van der Waals surface area contributed by atoms with Gasteiger partial charge in [-0.1, -0.05) is 13.0 Å². The van der Waals surface area contributed by atoms with Crippen molar-refractivity contribution < 1.29 is 18.7 Å². The van der Waals surface area contributed by atoms with Gasteiger partial charge in [0.05, 0.1) is 6.61 Å². The molecule has 3 aromatic rings. The topological polar surface area (TPSA) is 106 Å². The summed E-state index contributed by atoms with van der Waals surface area (Å²) in [5.74, 6) is -0.599. The average molecular weight is 535 g/mol. The lowest BCUT2D eigenvalue weighted by molar-refractivity contribution is 0.0952. The van der Waals surface area contributed by atoms with Gasteiger partial charge in [-0.2, -0.15) is 0 Å². The number of ether oxygens (including phenoxy) is 1. The van der Waals surface area contributed by atoms with E-state index in [4.69, 9.17) is 10.5 Å². The zero-order valence-corrected chi connectivity index (χ0v) is 22.9. The maximum Gasteiger partial charge on any atom is 0.251 e. The molecule has 3 rings (SSSR count). The van der Waals surface area contributed by atoms with Crippen LogP contribution >= 0.6 is 0 Å². The number of benzene rings is 2. The molecule has 0 saturated carbocycles. The molecular formula is C31H39FN4O3. The molecule has 39 heavy (non-hydrogen) atoms. The summed E-state index contributed by atoms with van der Waals surface area (Å²) in [5, 5.41) is 6.29. The monoisotopic (exact) mass is 534 g/mol. The molecule has 208 valence electrons. The van der Waals surface area contributed by atoms with Crippen LogP contribution in [-0.2, 0) is 19.4 Å². The molecule has 0 aliphatic rings. The molecular weight excluding hydrogens is 495 g/mol. The Balaban J connectivity index is 1.31. The number of aromatic nitrogens is 1. The molecule has 7 nitrogen and oxygen atoms in total. The van der Waals surface area contributed by atoms with Crippen LogP contribution in [0.1, 0.15) is 75.6 Å². The second kappa shape index (κ2) is 15.6. The van der Waals surface area contributed by atoms with Crippen LogP contribution in [0.3, 0.4) is 0 Å². The lowest BCUT2D eigenvalue weighted by Gasteiger charge is -2.10. The summed E-state index contributed by atoms with van der Waals surface area (Å²) in [6.45, 7) is 6.50. The van der Waals surface area contributed by atoms with E-state index >= 15 is 0 Å². The Bertz CT molecular complexity index is 1250. The number of hydrogen-bond acceptors (Lipinski definition) is 5. The minimum atomic E-state index is -0.565. The van der Waals surface area contributed by atoms with Crippen molar-refractivity contribution in [1.82, 2.24) is 15.6 Å². The van der Waals surface area contributed by atoms with Crippen molar-refractivity contribution in [1.29, 1.82) is 0 Å². The number of halogens is 1. The van der Waals surface area contributed by atoms with Crippen LogP contribution in [0.5, 0.6) is 5.75 Å². The number of nitrogens with zero attached hydrogens (tertiary/aromatic N) is 1. The van der Waals surface area contributed by atoms with E-state index in [1.807, 2.05) is 25.4 Å². The number of hydrogen-bond donors (Lipinski definition) is 3. The largest absolute Gasteiger partial charge is 0.493 e. The van der Waals surface area contributed by atoms with Crippen molar-refractivity contribution in [3.05, 3.63) is 94.1 Å². The SMILES string of the molecule is CCc1cncc(CNCCCCc2cc(F)cc(OCCCCNC(=O)c3cc(C)cc(C(N)=O)c3)c2)c1. The Hall–Kier alpha value is -3.78. The number of nitrogens with two attached hydrogens (primary N) is 1. The Morgan fingerprint density at radius 3 is 2.46 bits per heavy atom. The Kier molecular flexibility index (Phi) is 11.9. The lowest BCUT2D eigenvalue weighted by atomic mass is 10.1. The number of carbonyl (C=O) groups is 2. The molecule has 0 fully saturated rings. The molecule has 0 aliphatic carbocycles. The van der Waals surface area contributed by atoms with Crippen LogP contribution < -0.4 is 21.1 Å². The van der Waals surface area contributed by atoms with E-state index in [2.05, 4.69) is 28.6 Å². The molecule has 0 aliphatic heterocycles. The van der Waals surface area contributed by atoms with Gasteiger partial charge in [0, 0.05) is 42.7 Å². The third kappa shape index (κ3) is 10.5.